The molecule has 2 heterocycles. The zero-order chi connectivity index (χ0) is 20.4. The van der Waals surface area contributed by atoms with Crippen LogP contribution < -0.4 is 0 Å². The van der Waals surface area contributed by atoms with Crippen LogP contribution in [0.25, 0.3) is 11.8 Å². The van der Waals surface area contributed by atoms with E-state index in [1.54, 1.807) is 71.4 Å². The van der Waals surface area contributed by atoms with Crippen LogP contribution in [0.4, 0.5) is 9.18 Å². The van der Waals surface area contributed by atoms with Crippen LogP contribution >= 0.6 is 11.8 Å². The minimum atomic E-state index is -0.436. The summed E-state index contributed by atoms with van der Waals surface area (Å²) in [5, 5.41) is 8.82. The minimum Gasteiger partial charge on any atom is -0.314 e. The summed E-state index contributed by atoms with van der Waals surface area (Å²) in [6.07, 6.45) is 3.27. The predicted molar refractivity (Wildman–Crippen MR) is 108 cm³/mol. The van der Waals surface area contributed by atoms with Crippen molar-refractivity contribution in [3.8, 4) is 11.8 Å². The van der Waals surface area contributed by atoms with Crippen molar-refractivity contribution in [2.24, 2.45) is 0 Å². The molecule has 1 fully saturated rings. The predicted octanol–water partition coefficient (Wildman–Crippen LogP) is 4.72. The molecule has 0 aliphatic carbocycles. The number of rotatable bonds is 4. The van der Waals surface area contributed by atoms with E-state index in [4.69, 9.17) is 0 Å². The van der Waals surface area contributed by atoms with Gasteiger partial charge in [-0.2, -0.15) is 5.26 Å². The van der Waals surface area contributed by atoms with Crippen LogP contribution in [0.2, 0.25) is 0 Å². The lowest BCUT2D eigenvalue weighted by atomic mass is 10.1. The number of carbonyl (C=O) groups excluding carboxylic acids is 2. The van der Waals surface area contributed by atoms with E-state index < -0.39 is 11.1 Å². The molecule has 0 atom stereocenters. The average Bonchev–Trinajstić information content (AvgIpc) is 3.29. The molecule has 1 aromatic heterocycles. The third-order valence-corrected chi connectivity index (χ3v) is 5.42. The fourth-order valence-corrected chi connectivity index (χ4v) is 3.91. The van der Waals surface area contributed by atoms with Gasteiger partial charge in [0.1, 0.15) is 5.82 Å². The van der Waals surface area contributed by atoms with Gasteiger partial charge in [-0.05, 0) is 53.7 Å². The van der Waals surface area contributed by atoms with Gasteiger partial charge < -0.3 is 4.57 Å². The smallest absolute Gasteiger partial charge is 0.293 e. The third-order valence-electron chi connectivity index (χ3n) is 4.51. The Bertz CT molecular complexity index is 1190. The highest BCUT2D eigenvalue weighted by molar-refractivity contribution is 8.18. The normalized spacial score (nSPS) is 15.2. The van der Waals surface area contributed by atoms with Crippen molar-refractivity contribution in [1.29, 1.82) is 5.26 Å². The Kier molecular flexibility index (Phi) is 5.02. The van der Waals surface area contributed by atoms with Crippen LogP contribution in [0.5, 0.6) is 0 Å². The number of carbonyl (C=O) groups is 2. The topological polar surface area (TPSA) is 66.1 Å². The maximum atomic E-state index is 14.2. The van der Waals surface area contributed by atoms with Crippen molar-refractivity contribution < 1.29 is 14.0 Å². The van der Waals surface area contributed by atoms with E-state index in [1.165, 1.54) is 6.07 Å². The second-order valence-electron chi connectivity index (χ2n) is 6.29. The Labute approximate surface area is 170 Å². The maximum absolute atomic E-state index is 14.2. The van der Waals surface area contributed by atoms with Gasteiger partial charge in [-0.25, -0.2) is 4.39 Å². The van der Waals surface area contributed by atoms with E-state index >= 15 is 0 Å². The molecule has 1 saturated heterocycles. The second kappa shape index (κ2) is 7.78. The molecule has 3 aromatic rings. The Morgan fingerprint density at radius 3 is 2.59 bits per heavy atom. The minimum absolute atomic E-state index is 0.0278. The van der Waals surface area contributed by atoms with Crippen molar-refractivity contribution in [1.82, 2.24) is 9.47 Å². The highest BCUT2D eigenvalue weighted by Gasteiger charge is 2.35. The number of hydrogen-bond acceptors (Lipinski definition) is 4. The molecule has 0 radical (unpaired) electrons. The molecule has 0 bridgehead atoms. The summed E-state index contributed by atoms with van der Waals surface area (Å²) in [5.41, 5.74) is 1.96. The van der Waals surface area contributed by atoms with Gasteiger partial charge in [-0.1, -0.05) is 30.3 Å². The first-order valence-corrected chi connectivity index (χ1v) is 9.56. The van der Waals surface area contributed by atoms with Crippen LogP contribution in [0.3, 0.4) is 0 Å². The fourth-order valence-electron chi connectivity index (χ4n) is 3.09. The maximum Gasteiger partial charge on any atom is 0.293 e. The summed E-state index contributed by atoms with van der Waals surface area (Å²) in [6, 6.07) is 18.7. The molecule has 0 unspecified atom stereocenters. The lowest BCUT2D eigenvalue weighted by Crippen LogP contribution is -2.27. The van der Waals surface area contributed by atoms with E-state index in [-0.39, 0.29) is 17.3 Å². The summed E-state index contributed by atoms with van der Waals surface area (Å²) in [5.74, 6) is -0.825. The van der Waals surface area contributed by atoms with Crippen molar-refractivity contribution in [2.75, 3.05) is 0 Å². The highest BCUT2D eigenvalue weighted by Crippen LogP contribution is 2.34. The lowest BCUT2D eigenvalue weighted by Gasteiger charge is -2.13. The molecule has 0 N–H and O–H groups in total. The van der Waals surface area contributed by atoms with E-state index in [0.717, 1.165) is 16.7 Å². The number of imide groups is 1. The third kappa shape index (κ3) is 3.58. The van der Waals surface area contributed by atoms with Crippen LogP contribution in [-0.2, 0) is 11.3 Å². The average molecular weight is 403 g/mol. The SMILES string of the molecule is N#Cc1ccccc1CN1C(=O)SC(=Cc2cccn2-c2ccccc2F)C1=O. The number of benzene rings is 2. The number of nitriles is 1. The summed E-state index contributed by atoms with van der Waals surface area (Å²) < 4.78 is 15.8. The monoisotopic (exact) mass is 403 g/mol. The molecule has 0 saturated carbocycles. The lowest BCUT2D eigenvalue weighted by molar-refractivity contribution is -0.123. The second-order valence-corrected chi connectivity index (χ2v) is 7.28. The van der Waals surface area contributed by atoms with Crippen molar-refractivity contribution in [3.05, 3.63) is 94.4 Å². The van der Waals surface area contributed by atoms with Gasteiger partial charge in [-0.3, -0.25) is 14.5 Å². The standard InChI is InChI=1S/C22H14FN3O2S/c23-18-9-3-4-10-19(18)25-11-5-8-17(25)12-20-21(27)26(22(28)29-20)14-16-7-2-1-6-15(16)13-24/h1-12H,14H2. The number of halogens is 1. The molecule has 2 aromatic carbocycles. The Hall–Kier alpha value is -3.63. The number of thioether (sulfide) groups is 1. The Morgan fingerprint density at radius 1 is 1.03 bits per heavy atom. The van der Waals surface area contributed by atoms with Crippen molar-refractivity contribution >= 4 is 29.0 Å². The van der Waals surface area contributed by atoms with Gasteiger partial charge in [0.2, 0.25) is 0 Å². The molecule has 4 rings (SSSR count). The fraction of sp³-hybridized carbons (Fsp3) is 0.0455. The number of para-hydroxylation sites is 1. The first-order valence-electron chi connectivity index (χ1n) is 8.74. The van der Waals surface area contributed by atoms with Gasteiger partial charge in [0.25, 0.3) is 11.1 Å². The molecular formula is C22H14FN3O2S. The van der Waals surface area contributed by atoms with Gasteiger partial charge in [0.05, 0.1) is 28.8 Å². The molecule has 0 spiro atoms. The van der Waals surface area contributed by atoms with E-state index in [9.17, 15) is 19.2 Å². The van der Waals surface area contributed by atoms with Crippen LogP contribution in [-0.4, -0.2) is 20.6 Å². The highest BCUT2D eigenvalue weighted by atomic mass is 32.2. The number of nitrogens with zero attached hydrogens (tertiary/aromatic N) is 3. The summed E-state index contributed by atoms with van der Waals surface area (Å²) in [4.78, 5) is 26.6. The largest absolute Gasteiger partial charge is 0.314 e. The molecule has 7 heteroatoms. The Morgan fingerprint density at radius 2 is 1.79 bits per heavy atom. The first-order chi connectivity index (χ1) is 14.1. The van der Waals surface area contributed by atoms with Crippen LogP contribution in [0, 0.1) is 17.1 Å². The van der Waals surface area contributed by atoms with Gasteiger partial charge in [-0.15, -0.1) is 0 Å². The van der Waals surface area contributed by atoms with Gasteiger partial charge in [0, 0.05) is 11.9 Å². The summed E-state index contributed by atoms with van der Waals surface area (Å²) >= 11 is 0.829. The number of aromatic nitrogens is 1. The van der Waals surface area contributed by atoms with Gasteiger partial charge >= 0.3 is 0 Å². The summed E-state index contributed by atoms with van der Waals surface area (Å²) in [7, 11) is 0. The number of hydrogen-bond donors (Lipinski definition) is 0. The molecule has 2 amide bonds. The van der Waals surface area contributed by atoms with Crippen molar-refractivity contribution in [3.63, 3.8) is 0 Å². The quantitative estimate of drug-likeness (QED) is 0.591. The molecule has 142 valence electrons. The van der Waals surface area contributed by atoms with E-state index in [1.807, 2.05) is 0 Å². The first kappa shape index (κ1) is 18.7. The van der Waals surface area contributed by atoms with E-state index in [2.05, 4.69) is 6.07 Å². The zero-order valence-electron chi connectivity index (χ0n) is 15.1. The molecule has 29 heavy (non-hydrogen) atoms. The zero-order valence-corrected chi connectivity index (χ0v) is 15.9. The molecule has 5 nitrogen and oxygen atoms in total. The summed E-state index contributed by atoms with van der Waals surface area (Å²) in [6.45, 7) is 0.0278. The molecule has 1 aliphatic heterocycles. The Balaban J connectivity index is 1.64. The molecular weight excluding hydrogens is 389 g/mol. The van der Waals surface area contributed by atoms with Gasteiger partial charge in [0.15, 0.2) is 0 Å². The number of amides is 2. The molecule has 1 aliphatic rings. The van der Waals surface area contributed by atoms with Crippen LogP contribution in [0.1, 0.15) is 16.8 Å². The van der Waals surface area contributed by atoms with Crippen molar-refractivity contribution in [2.45, 2.75) is 6.54 Å². The van der Waals surface area contributed by atoms with Crippen LogP contribution in [0.15, 0.2) is 71.8 Å². The van der Waals surface area contributed by atoms with E-state index in [0.29, 0.717) is 22.5 Å².